The van der Waals surface area contributed by atoms with Crippen molar-refractivity contribution in [2.24, 2.45) is 0 Å². The Balaban J connectivity index is 2.23. The Morgan fingerprint density at radius 2 is 1.95 bits per heavy atom. The second-order valence-corrected chi connectivity index (χ2v) is 5.62. The van der Waals surface area contributed by atoms with Crippen molar-refractivity contribution in [2.45, 2.75) is 11.9 Å². The molecule has 0 aromatic heterocycles. The van der Waals surface area contributed by atoms with Gasteiger partial charge in [0.15, 0.2) is 5.75 Å². The fourth-order valence-corrected chi connectivity index (χ4v) is 2.44. The minimum atomic E-state index is -0.471. The van der Waals surface area contributed by atoms with Crippen molar-refractivity contribution in [2.75, 3.05) is 0 Å². The van der Waals surface area contributed by atoms with Gasteiger partial charge in [-0.3, -0.25) is 10.1 Å². The van der Waals surface area contributed by atoms with E-state index in [1.54, 1.807) is 30.3 Å². The number of rotatable bonds is 5. The lowest BCUT2D eigenvalue weighted by molar-refractivity contribution is -0.386. The number of nitro groups is 1. The van der Waals surface area contributed by atoms with E-state index in [1.807, 2.05) is 0 Å². The van der Waals surface area contributed by atoms with Crippen LogP contribution >= 0.6 is 39.1 Å². The molecule has 0 fully saturated rings. The first kappa shape index (κ1) is 16.1. The van der Waals surface area contributed by atoms with Gasteiger partial charge in [0.05, 0.1) is 4.92 Å². The molecular formula is C14H10BrCl2NO3. The van der Waals surface area contributed by atoms with Gasteiger partial charge >= 0.3 is 5.69 Å². The predicted octanol–water partition coefficient (Wildman–Crippen LogP) is 5.38. The van der Waals surface area contributed by atoms with Crippen LogP contribution in [0.4, 0.5) is 5.69 Å². The van der Waals surface area contributed by atoms with Crippen LogP contribution in [0, 0.1) is 10.1 Å². The number of nitro benzene ring substituents is 1. The van der Waals surface area contributed by atoms with Crippen molar-refractivity contribution in [3.63, 3.8) is 0 Å². The summed E-state index contributed by atoms with van der Waals surface area (Å²) in [7, 11) is 0. The van der Waals surface area contributed by atoms with Crippen molar-refractivity contribution >= 4 is 44.8 Å². The summed E-state index contributed by atoms with van der Waals surface area (Å²) < 4.78 is 5.52. The molecule has 0 unspecified atom stereocenters. The quantitative estimate of drug-likeness (QED) is 0.391. The van der Waals surface area contributed by atoms with Gasteiger partial charge in [-0.15, -0.1) is 0 Å². The van der Waals surface area contributed by atoms with Crippen LogP contribution < -0.4 is 4.74 Å². The Bertz CT molecular complexity index is 679. The van der Waals surface area contributed by atoms with Crippen molar-refractivity contribution in [1.29, 1.82) is 0 Å². The maximum Gasteiger partial charge on any atom is 0.311 e. The summed E-state index contributed by atoms with van der Waals surface area (Å²) in [6, 6.07) is 9.81. The van der Waals surface area contributed by atoms with Crippen LogP contribution in [0.25, 0.3) is 0 Å². The van der Waals surface area contributed by atoms with E-state index in [4.69, 9.17) is 27.9 Å². The number of hydrogen-bond donors (Lipinski definition) is 0. The Hall–Kier alpha value is -1.30. The van der Waals surface area contributed by atoms with Crippen molar-refractivity contribution in [1.82, 2.24) is 0 Å². The number of benzene rings is 2. The summed E-state index contributed by atoms with van der Waals surface area (Å²) in [5.74, 6) is 0.195. The molecule has 0 aliphatic carbocycles. The SMILES string of the molecule is O=[N+]([O-])c1cc(CBr)ccc1OCc1cc(Cl)ccc1Cl. The number of nitrogens with zero attached hydrogens (tertiary/aromatic N) is 1. The average Bonchev–Trinajstić information content (AvgIpc) is 2.48. The largest absolute Gasteiger partial charge is 0.482 e. The fourth-order valence-electron chi connectivity index (χ4n) is 1.72. The van der Waals surface area contributed by atoms with E-state index in [9.17, 15) is 10.1 Å². The van der Waals surface area contributed by atoms with Crippen molar-refractivity contribution in [3.8, 4) is 5.75 Å². The highest BCUT2D eigenvalue weighted by molar-refractivity contribution is 9.08. The molecule has 0 bridgehead atoms. The minimum absolute atomic E-state index is 0.0786. The summed E-state index contributed by atoms with van der Waals surface area (Å²) in [6.45, 7) is 0.105. The summed E-state index contributed by atoms with van der Waals surface area (Å²) in [5, 5.41) is 12.7. The lowest BCUT2D eigenvalue weighted by atomic mass is 10.2. The third kappa shape index (κ3) is 4.09. The summed E-state index contributed by atoms with van der Waals surface area (Å²) in [4.78, 5) is 10.6. The zero-order valence-electron chi connectivity index (χ0n) is 10.7. The molecule has 0 N–H and O–H groups in total. The molecule has 0 saturated heterocycles. The Morgan fingerprint density at radius 1 is 1.19 bits per heavy atom. The minimum Gasteiger partial charge on any atom is -0.482 e. The van der Waals surface area contributed by atoms with Crippen LogP contribution in [0.5, 0.6) is 5.75 Å². The molecule has 0 aliphatic rings. The van der Waals surface area contributed by atoms with Crippen LogP contribution in [0.2, 0.25) is 10.0 Å². The standard InChI is InChI=1S/C14H10BrCl2NO3/c15-7-9-1-4-14(13(5-9)18(19)20)21-8-10-6-11(16)2-3-12(10)17/h1-6H,7-8H2. The molecule has 0 spiro atoms. The highest BCUT2D eigenvalue weighted by atomic mass is 79.9. The molecule has 2 rings (SSSR count). The fraction of sp³-hybridized carbons (Fsp3) is 0.143. The highest BCUT2D eigenvalue weighted by Gasteiger charge is 2.16. The first-order valence-corrected chi connectivity index (χ1v) is 7.79. The Morgan fingerprint density at radius 3 is 2.62 bits per heavy atom. The number of ether oxygens (including phenoxy) is 1. The third-order valence-corrected chi connectivity index (χ3v) is 4.02. The van der Waals surface area contributed by atoms with E-state index >= 15 is 0 Å². The van der Waals surface area contributed by atoms with E-state index in [0.717, 1.165) is 5.56 Å². The molecule has 0 saturated carbocycles. The van der Waals surface area contributed by atoms with E-state index in [0.29, 0.717) is 20.9 Å². The first-order valence-electron chi connectivity index (χ1n) is 5.91. The van der Waals surface area contributed by atoms with Gasteiger partial charge in [-0.1, -0.05) is 45.2 Å². The summed E-state index contributed by atoms with van der Waals surface area (Å²) in [5.41, 5.74) is 1.39. The van der Waals surface area contributed by atoms with E-state index in [1.165, 1.54) is 6.07 Å². The molecule has 0 aliphatic heterocycles. The maximum absolute atomic E-state index is 11.1. The number of halogens is 3. The van der Waals surface area contributed by atoms with Gasteiger partial charge in [0.25, 0.3) is 0 Å². The van der Waals surface area contributed by atoms with E-state index in [2.05, 4.69) is 15.9 Å². The summed E-state index contributed by atoms with van der Waals surface area (Å²) >= 11 is 15.2. The molecule has 0 radical (unpaired) electrons. The zero-order valence-corrected chi connectivity index (χ0v) is 13.8. The Labute approximate surface area is 139 Å². The van der Waals surface area contributed by atoms with Crippen LogP contribution in [0.15, 0.2) is 36.4 Å². The Kier molecular flexibility index (Phi) is 5.45. The number of hydrogen-bond acceptors (Lipinski definition) is 3. The number of alkyl halides is 1. The predicted molar refractivity (Wildman–Crippen MR) is 86.5 cm³/mol. The van der Waals surface area contributed by atoms with Gasteiger partial charge in [0.2, 0.25) is 0 Å². The maximum atomic E-state index is 11.1. The van der Waals surface area contributed by atoms with Gasteiger partial charge in [-0.05, 0) is 29.8 Å². The first-order chi connectivity index (χ1) is 10.0. The lowest BCUT2D eigenvalue weighted by Crippen LogP contribution is -2.00. The molecule has 4 nitrogen and oxygen atoms in total. The van der Waals surface area contributed by atoms with Gasteiger partial charge < -0.3 is 4.74 Å². The molecule has 2 aromatic carbocycles. The smallest absolute Gasteiger partial charge is 0.311 e. The molecule has 21 heavy (non-hydrogen) atoms. The molecule has 110 valence electrons. The van der Waals surface area contributed by atoms with Gasteiger partial charge in [-0.2, -0.15) is 0 Å². The molecule has 0 amide bonds. The van der Waals surface area contributed by atoms with Gasteiger partial charge in [0.1, 0.15) is 6.61 Å². The van der Waals surface area contributed by atoms with Crippen LogP contribution in [0.3, 0.4) is 0 Å². The molecule has 0 atom stereocenters. The lowest BCUT2D eigenvalue weighted by Gasteiger charge is -2.09. The van der Waals surface area contributed by atoms with Gasteiger partial charge in [0, 0.05) is 27.0 Å². The molecule has 0 heterocycles. The van der Waals surface area contributed by atoms with Crippen LogP contribution in [0.1, 0.15) is 11.1 Å². The van der Waals surface area contributed by atoms with Crippen molar-refractivity contribution < 1.29 is 9.66 Å². The van der Waals surface area contributed by atoms with Crippen LogP contribution in [-0.2, 0) is 11.9 Å². The zero-order chi connectivity index (χ0) is 15.4. The monoisotopic (exact) mass is 389 g/mol. The van der Waals surface area contributed by atoms with Gasteiger partial charge in [-0.25, -0.2) is 0 Å². The second kappa shape index (κ2) is 7.11. The highest BCUT2D eigenvalue weighted by Crippen LogP contribution is 2.30. The molecular weight excluding hydrogens is 381 g/mol. The van der Waals surface area contributed by atoms with E-state index < -0.39 is 4.92 Å². The molecule has 7 heteroatoms. The topological polar surface area (TPSA) is 52.4 Å². The molecule has 2 aromatic rings. The summed E-state index contributed by atoms with van der Waals surface area (Å²) in [6.07, 6.45) is 0. The average molecular weight is 391 g/mol. The van der Waals surface area contributed by atoms with Crippen molar-refractivity contribution in [3.05, 3.63) is 67.7 Å². The van der Waals surface area contributed by atoms with E-state index in [-0.39, 0.29) is 18.0 Å². The third-order valence-electron chi connectivity index (χ3n) is 2.77. The normalized spacial score (nSPS) is 10.4. The van der Waals surface area contributed by atoms with Crippen LogP contribution in [-0.4, -0.2) is 4.92 Å². The second-order valence-electron chi connectivity index (χ2n) is 4.22.